The summed E-state index contributed by atoms with van der Waals surface area (Å²) in [6.45, 7) is 1.94. The number of likely N-dealkylation sites (N-methyl/N-ethyl adjacent to an activating group) is 1. The molecule has 1 fully saturated rings. The van der Waals surface area contributed by atoms with Crippen LogP contribution in [0.15, 0.2) is 12.3 Å². The Balaban J connectivity index is 2.00. The minimum Gasteiger partial charge on any atom is -0.336 e. The maximum Gasteiger partial charge on any atom is 0.271 e. The van der Waals surface area contributed by atoms with Crippen molar-refractivity contribution in [3.8, 4) is 0 Å². The van der Waals surface area contributed by atoms with Gasteiger partial charge in [-0.25, -0.2) is 0 Å². The molecule has 0 aromatic carbocycles. The van der Waals surface area contributed by atoms with Gasteiger partial charge in [-0.15, -0.1) is 0 Å². The lowest BCUT2D eigenvalue weighted by Crippen LogP contribution is -2.46. The number of aromatic nitrogens is 2. The molecule has 0 spiro atoms. The molecule has 0 aliphatic carbocycles. The lowest BCUT2D eigenvalue weighted by atomic mass is 10.1. The molecule has 1 saturated heterocycles. The summed E-state index contributed by atoms with van der Waals surface area (Å²) >= 11 is 0. The van der Waals surface area contributed by atoms with Gasteiger partial charge in [0.2, 0.25) is 0 Å². The SMILES string of the molecule is CN(C(=O)c1ccn[nH]1)C1CCCNC1. The highest BCUT2D eigenvalue weighted by molar-refractivity contribution is 5.92. The third kappa shape index (κ3) is 2.18. The van der Waals surface area contributed by atoms with E-state index in [0.29, 0.717) is 11.7 Å². The molecule has 2 rings (SSSR count). The summed E-state index contributed by atoms with van der Waals surface area (Å²) in [5, 5.41) is 9.77. The van der Waals surface area contributed by atoms with Crippen molar-refractivity contribution in [3.63, 3.8) is 0 Å². The number of rotatable bonds is 2. The van der Waals surface area contributed by atoms with Crippen molar-refractivity contribution in [1.29, 1.82) is 0 Å². The maximum atomic E-state index is 11.9. The Labute approximate surface area is 88.8 Å². The number of hydrogen-bond acceptors (Lipinski definition) is 3. The first-order valence-electron chi connectivity index (χ1n) is 5.26. The number of hydrogen-bond donors (Lipinski definition) is 2. The molecule has 0 radical (unpaired) electrons. The van der Waals surface area contributed by atoms with Crippen molar-refractivity contribution in [2.24, 2.45) is 0 Å². The van der Waals surface area contributed by atoms with Crippen LogP contribution in [0, 0.1) is 0 Å². The Kier molecular flexibility index (Phi) is 3.01. The molecule has 82 valence electrons. The van der Waals surface area contributed by atoms with E-state index in [4.69, 9.17) is 0 Å². The summed E-state index contributed by atoms with van der Waals surface area (Å²) in [7, 11) is 1.85. The van der Waals surface area contributed by atoms with Crippen LogP contribution in [-0.4, -0.2) is 47.2 Å². The van der Waals surface area contributed by atoms with E-state index in [1.54, 1.807) is 17.2 Å². The average molecular weight is 208 g/mol. The summed E-state index contributed by atoms with van der Waals surface area (Å²) in [6.07, 6.45) is 3.80. The normalized spacial score (nSPS) is 21.3. The molecule has 1 aromatic heterocycles. The van der Waals surface area contributed by atoms with E-state index in [1.807, 2.05) is 7.05 Å². The zero-order valence-electron chi connectivity index (χ0n) is 8.86. The Hall–Kier alpha value is -1.36. The molecular formula is C10H16N4O. The molecular weight excluding hydrogens is 192 g/mol. The van der Waals surface area contributed by atoms with E-state index >= 15 is 0 Å². The van der Waals surface area contributed by atoms with Crippen LogP contribution in [-0.2, 0) is 0 Å². The van der Waals surface area contributed by atoms with Crippen LogP contribution in [0.4, 0.5) is 0 Å². The third-order valence-corrected chi connectivity index (χ3v) is 2.87. The van der Waals surface area contributed by atoms with Crippen LogP contribution >= 0.6 is 0 Å². The molecule has 1 aliphatic heterocycles. The van der Waals surface area contributed by atoms with Crippen molar-refractivity contribution in [1.82, 2.24) is 20.4 Å². The molecule has 5 nitrogen and oxygen atoms in total. The van der Waals surface area contributed by atoms with Crippen LogP contribution in [0.3, 0.4) is 0 Å². The number of amides is 1. The first kappa shape index (κ1) is 10.2. The number of H-pyrrole nitrogens is 1. The second-order valence-electron chi connectivity index (χ2n) is 3.89. The summed E-state index contributed by atoms with van der Waals surface area (Å²) in [6, 6.07) is 2.00. The van der Waals surface area contributed by atoms with Gasteiger partial charge in [0.15, 0.2) is 0 Å². The Morgan fingerprint density at radius 3 is 3.13 bits per heavy atom. The molecule has 1 amide bonds. The van der Waals surface area contributed by atoms with Crippen molar-refractivity contribution in [2.45, 2.75) is 18.9 Å². The molecule has 5 heteroatoms. The molecule has 1 atom stereocenters. The van der Waals surface area contributed by atoms with E-state index in [1.165, 1.54) is 0 Å². The van der Waals surface area contributed by atoms with Crippen molar-refractivity contribution in [2.75, 3.05) is 20.1 Å². The highest BCUT2D eigenvalue weighted by Gasteiger charge is 2.23. The number of nitrogens with zero attached hydrogens (tertiary/aromatic N) is 2. The molecule has 15 heavy (non-hydrogen) atoms. The summed E-state index contributed by atoms with van der Waals surface area (Å²) in [4.78, 5) is 13.7. The predicted molar refractivity (Wildman–Crippen MR) is 56.6 cm³/mol. The highest BCUT2D eigenvalue weighted by atomic mass is 16.2. The number of nitrogens with one attached hydrogen (secondary N) is 2. The molecule has 2 N–H and O–H groups in total. The second kappa shape index (κ2) is 4.44. The fourth-order valence-electron chi connectivity index (χ4n) is 1.89. The van der Waals surface area contributed by atoms with Gasteiger partial charge in [0.05, 0.1) is 0 Å². The fraction of sp³-hybridized carbons (Fsp3) is 0.600. The van der Waals surface area contributed by atoms with Gasteiger partial charge >= 0.3 is 0 Å². The zero-order chi connectivity index (χ0) is 10.7. The predicted octanol–water partition coefficient (Wildman–Crippen LogP) is 0.234. The van der Waals surface area contributed by atoms with Gasteiger partial charge in [-0.3, -0.25) is 9.89 Å². The van der Waals surface area contributed by atoms with E-state index in [2.05, 4.69) is 15.5 Å². The van der Waals surface area contributed by atoms with Gasteiger partial charge in [0, 0.05) is 25.8 Å². The monoisotopic (exact) mass is 208 g/mol. The minimum atomic E-state index is 0.0150. The summed E-state index contributed by atoms with van der Waals surface area (Å²) < 4.78 is 0. The quantitative estimate of drug-likeness (QED) is 0.731. The highest BCUT2D eigenvalue weighted by Crippen LogP contribution is 2.11. The van der Waals surface area contributed by atoms with Gasteiger partial charge in [0.25, 0.3) is 5.91 Å². The van der Waals surface area contributed by atoms with Crippen LogP contribution < -0.4 is 5.32 Å². The van der Waals surface area contributed by atoms with Crippen LogP contribution in [0.1, 0.15) is 23.3 Å². The Bertz CT molecular complexity index is 316. The summed E-state index contributed by atoms with van der Waals surface area (Å²) in [5.41, 5.74) is 0.558. The zero-order valence-corrected chi connectivity index (χ0v) is 8.86. The third-order valence-electron chi connectivity index (χ3n) is 2.87. The Morgan fingerprint density at radius 2 is 2.53 bits per heavy atom. The number of aromatic amines is 1. The molecule has 0 bridgehead atoms. The largest absolute Gasteiger partial charge is 0.336 e. The standard InChI is InChI=1S/C10H16N4O/c1-14(8-3-2-5-11-7-8)10(15)9-4-6-12-13-9/h4,6,8,11H,2-3,5,7H2,1H3,(H,12,13). The van der Waals surface area contributed by atoms with Gasteiger partial charge < -0.3 is 10.2 Å². The first-order valence-corrected chi connectivity index (χ1v) is 5.26. The van der Waals surface area contributed by atoms with Crippen LogP contribution in [0.2, 0.25) is 0 Å². The molecule has 1 aliphatic rings. The summed E-state index contributed by atoms with van der Waals surface area (Å²) in [5.74, 6) is 0.0150. The molecule has 1 aromatic rings. The number of carbonyl (C=O) groups is 1. The molecule has 1 unspecified atom stereocenters. The van der Waals surface area contributed by atoms with E-state index in [0.717, 1.165) is 25.9 Å². The van der Waals surface area contributed by atoms with Crippen molar-refractivity contribution >= 4 is 5.91 Å². The second-order valence-corrected chi connectivity index (χ2v) is 3.89. The number of piperidine rings is 1. The van der Waals surface area contributed by atoms with Gasteiger partial charge in [0.1, 0.15) is 5.69 Å². The maximum absolute atomic E-state index is 11.9. The van der Waals surface area contributed by atoms with Crippen LogP contribution in [0.25, 0.3) is 0 Å². The minimum absolute atomic E-state index is 0.0150. The average Bonchev–Trinajstić information content (AvgIpc) is 2.82. The lowest BCUT2D eigenvalue weighted by Gasteiger charge is -2.31. The molecule has 2 heterocycles. The fourth-order valence-corrected chi connectivity index (χ4v) is 1.89. The first-order chi connectivity index (χ1) is 7.29. The number of carbonyl (C=O) groups excluding carboxylic acids is 1. The van der Waals surface area contributed by atoms with Crippen molar-refractivity contribution in [3.05, 3.63) is 18.0 Å². The van der Waals surface area contributed by atoms with E-state index in [-0.39, 0.29) is 5.91 Å². The van der Waals surface area contributed by atoms with E-state index < -0.39 is 0 Å². The van der Waals surface area contributed by atoms with Gasteiger partial charge in [-0.2, -0.15) is 5.10 Å². The Morgan fingerprint density at radius 1 is 1.67 bits per heavy atom. The topological polar surface area (TPSA) is 61.0 Å². The van der Waals surface area contributed by atoms with E-state index in [9.17, 15) is 4.79 Å². The molecule has 0 saturated carbocycles. The van der Waals surface area contributed by atoms with Gasteiger partial charge in [-0.1, -0.05) is 0 Å². The van der Waals surface area contributed by atoms with Crippen molar-refractivity contribution < 1.29 is 4.79 Å². The van der Waals surface area contributed by atoms with Gasteiger partial charge in [-0.05, 0) is 25.5 Å². The van der Waals surface area contributed by atoms with Crippen LogP contribution in [0.5, 0.6) is 0 Å². The smallest absolute Gasteiger partial charge is 0.271 e. The lowest BCUT2D eigenvalue weighted by molar-refractivity contribution is 0.0702.